The van der Waals surface area contributed by atoms with Crippen LogP contribution in [0.1, 0.15) is 27.0 Å². The van der Waals surface area contributed by atoms with Gasteiger partial charge in [0, 0.05) is 0 Å². The molecular weight excluding hydrogens is 292 g/mol. The van der Waals surface area contributed by atoms with Gasteiger partial charge in [0.05, 0.1) is 9.75 Å². The maximum absolute atomic E-state index is 12.4. The average molecular weight is 306 g/mol. The molecule has 0 saturated carbocycles. The summed E-state index contributed by atoms with van der Waals surface area (Å²) in [5, 5.41) is 10.9. The van der Waals surface area contributed by atoms with E-state index in [0.717, 1.165) is 5.56 Å². The summed E-state index contributed by atoms with van der Waals surface area (Å²) in [6, 6.07) is 0.988. The second kappa shape index (κ2) is 6.08. The number of nitrogens with one attached hydrogen (secondary N) is 1. The second-order valence-corrected chi connectivity index (χ2v) is 5.66. The summed E-state index contributed by atoms with van der Waals surface area (Å²) >= 11 is 1.19. The number of thiophene rings is 1. The van der Waals surface area contributed by atoms with E-state index in [-0.39, 0.29) is 19.1 Å². The first-order valence-corrected chi connectivity index (χ1v) is 7.10. The standard InChI is InChI=1S/C14H14N2O4S/c1-8-6-11(21-10(8)4-3-5-17)14(20)16-7-12(18)15-13(19)9(16)2/h6,9,17H,5,7H2,1-2H3,(H,15,18,19). The first kappa shape index (κ1) is 15.2. The van der Waals surface area contributed by atoms with Crippen LogP contribution in [0, 0.1) is 18.8 Å². The zero-order chi connectivity index (χ0) is 15.6. The van der Waals surface area contributed by atoms with Crippen LogP contribution >= 0.6 is 11.3 Å². The van der Waals surface area contributed by atoms with E-state index < -0.39 is 17.9 Å². The zero-order valence-electron chi connectivity index (χ0n) is 11.6. The maximum atomic E-state index is 12.4. The smallest absolute Gasteiger partial charge is 0.265 e. The van der Waals surface area contributed by atoms with Crippen molar-refractivity contribution in [2.24, 2.45) is 0 Å². The van der Waals surface area contributed by atoms with E-state index in [9.17, 15) is 14.4 Å². The molecule has 21 heavy (non-hydrogen) atoms. The molecule has 3 amide bonds. The van der Waals surface area contributed by atoms with E-state index in [1.54, 1.807) is 13.0 Å². The second-order valence-electron chi connectivity index (χ2n) is 4.60. The fourth-order valence-corrected chi connectivity index (χ4v) is 2.94. The van der Waals surface area contributed by atoms with Crippen molar-refractivity contribution in [2.45, 2.75) is 19.9 Å². The predicted molar refractivity (Wildman–Crippen MR) is 76.7 cm³/mol. The van der Waals surface area contributed by atoms with E-state index in [1.165, 1.54) is 16.2 Å². The van der Waals surface area contributed by atoms with Gasteiger partial charge in [0.25, 0.3) is 5.91 Å². The summed E-state index contributed by atoms with van der Waals surface area (Å²) in [6.07, 6.45) is 0. The molecule has 0 spiro atoms. The van der Waals surface area contributed by atoms with Gasteiger partial charge < -0.3 is 10.0 Å². The minimum absolute atomic E-state index is 0.139. The summed E-state index contributed by atoms with van der Waals surface area (Å²) in [6.45, 7) is 3.00. The Bertz CT molecular complexity index is 668. The molecular formula is C14H14N2O4S. The van der Waals surface area contributed by atoms with Crippen molar-refractivity contribution in [1.82, 2.24) is 10.2 Å². The molecule has 6 nitrogen and oxygen atoms in total. The Morgan fingerprint density at radius 2 is 2.29 bits per heavy atom. The van der Waals surface area contributed by atoms with Crippen LogP contribution in [0.4, 0.5) is 0 Å². The number of carbonyl (C=O) groups excluding carboxylic acids is 3. The number of aliphatic hydroxyl groups is 1. The quantitative estimate of drug-likeness (QED) is 0.560. The third kappa shape index (κ3) is 3.12. The summed E-state index contributed by atoms with van der Waals surface area (Å²) in [7, 11) is 0. The number of hydrogen-bond donors (Lipinski definition) is 2. The number of aryl methyl sites for hydroxylation is 1. The molecule has 1 aliphatic rings. The highest BCUT2D eigenvalue weighted by molar-refractivity contribution is 7.14. The Morgan fingerprint density at radius 1 is 1.57 bits per heavy atom. The molecule has 7 heteroatoms. The van der Waals surface area contributed by atoms with Crippen molar-refractivity contribution in [3.8, 4) is 11.8 Å². The molecule has 1 saturated heterocycles. The highest BCUT2D eigenvalue weighted by Gasteiger charge is 2.34. The minimum atomic E-state index is -0.690. The van der Waals surface area contributed by atoms with Gasteiger partial charge in [-0.05, 0) is 25.5 Å². The normalized spacial score (nSPS) is 18.0. The number of hydrogen-bond acceptors (Lipinski definition) is 5. The molecule has 1 aromatic rings. The van der Waals surface area contributed by atoms with Crippen molar-refractivity contribution in [3.63, 3.8) is 0 Å². The number of piperazine rings is 1. The molecule has 1 fully saturated rings. The van der Waals surface area contributed by atoms with Crippen molar-refractivity contribution < 1.29 is 19.5 Å². The molecule has 1 atom stereocenters. The molecule has 1 unspecified atom stereocenters. The molecule has 0 aliphatic carbocycles. The molecule has 1 aromatic heterocycles. The molecule has 110 valence electrons. The number of amides is 3. The lowest BCUT2D eigenvalue weighted by molar-refractivity contribution is -0.138. The van der Waals surface area contributed by atoms with Gasteiger partial charge >= 0.3 is 0 Å². The van der Waals surface area contributed by atoms with Crippen molar-refractivity contribution in [1.29, 1.82) is 0 Å². The van der Waals surface area contributed by atoms with E-state index in [0.29, 0.717) is 9.75 Å². The van der Waals surface area contributed by atoms with Crippen LogP contribution < -0.4 is 5.32 Å². The van der Waals surface area contributed by atoms with E-state index in [1.807, 2.05) is 6.92 Å². The summed E-state index contributed by atoms with van der Waals surface area (Å²) in [5.41, 5.74) is 0.824. The maximum Gasteiger partial charge on any atom is 0.265 e. The first-order chi connectivity index (χ1) is 9.93. The highest BCUT2D eigenvalue weighted by Crippen LogP contribution is 2.23. The Hall–Kier alpha value is -2.17. The predicted octanol–water partition coefficient (Wildman–Crippen LogP) is -0.113. The monoisotopic (exact) mass is 306 g/mol. The third-order valence-corrected chi connectivity index (χ3v) is 4.23. The fraction of sp³-hybridized carbons (Fsp3) is 0.357. The largest absolute Gasteiger partial charge is 0.384 e. The Balaban J connectivity index is 2.27. The summed E-state index contributed by atoms with van der Waals surface area (Å²) in [4.78, 5) is 37.8. The van der Waals surface area contributed by atoms with E-state index in [4.69, 9.17) is 5.11 Å². The molecule has 2 N–H and O–H groups in total. The van der Waals surface area contributed by atoms with Gasteiger partial charge in [0.15, 0.2) is 0 Å². The summed E-state index contributed by atoms with van der Waals surface area (Å²) in [5.74, 6) is 3.97. The van der Waals surface area contributed by atoms with Crippen molar-refractivity contribution in [2.75, 3.05) is 13.2 Å². The van der Waals surface area contributed by atoms with Gasteiger partial charge in [-0.2, -0.15) is 0 Å². The third-order valence-electron chi connectivity index (χ3n) is 3.09. The van der Waals surface area contributed by atoms with Crippen LogP contribution in [0.25, 0.3) is 0 Å². The molecule has 0 aromatic carbocycles. The average Bonchev–Trinajstić information content (AvgIpc) is 2.81. The molecule has 2 rings (SSSR count). The number of rotatable bonds is 1. The van der Waals surface area contributed by atoms with Crippen LogP contribution in [-0.2, 0) is 9.59 Å². The number of aliphatic hydroxyl groups excluding tert-OH is 1. The lowest BCUT2D eigenvalue weighted by Crippen LogP contribution is -2.58. The van der Waals surface area contributed by atoms with Gasteiger partial charge in [-0.15, -0.1) is 11.3 Å². The Labute approximate surface area is 125 Å². The van der Waals surface area contributed by atoms with Crippen molar-refractivity contribution >= 4 is 29.1 Å². The van der Waals surface area contributed by atoms with Gasteiger partial charge in [-0.25, -0.2) is 0 Å². The number of imide groups is 1. The van der Waals surface area contributed by atoms with Crippen molar-refractivity contribution in [3.05, 3.63) is 21.4 Å². The van der Waals surface area contributed by atoms with Crippen LogP contribution in [0.15, 0.2) is 6.07 Å². The highest BCUT2D eigenvalue weighted by atomic mass is 32.1. The van der Waals surface area contributed by atoms with Gasteiger partial charge in [0.1, 0.15) is 19.2 Å². The Kier molecular flexibility index (Phi) is 4.40. The SMILES string of the molecule is Cc1cc(C(=O)N2CC(=O)NC(=O)C2C)sc1C#CCO. The molecule has 0 bridgehead atoms. The first-order valence-electron chi connectivity index (χ1n) is 6.29. The van der Waals surface area contributed by atoms with Crippen LogP contribution in [0.3, 0.4) is 0 Å². The zero-order valence-corrected chi connectivity index (χ0v) is 12.4. The van der Waals surface area contributed by atoms with Crippen LogP contribution in [0.5, 0.6) is 0 Å². The topological polar surface area (TPSA) is 86.7 Å². The van der Waals surface area contributed by atoms with Gasteiger partial charge in [0.2, 0.25) is 11.8 Å². The van der Waals surface area contributed by atoms with Gasteiger partial charge in [-0.3, -0.25) is 19.7 Å². The lowest BCUT2D eigenvalue weighted by Gasteiger charge is -2.31. The summed E-state index contributed by atoms with van der Waals surface area (Å²) < 4.78 is 0. The number of carbonyl (C=O) groups is 3. The molecule has 2 heterocycles. The molecule has 0 radical (unpaired) electrons. The van der Waals surface area contributed by atoms with E-state index in [2.05, 4.69) is 17.2 Å². The Morgan fingerprint density at radius 3 is 2.95 bits per heavy atom. The number of nitrogens with zero attached hydrogens (tertiary/aromatic N) is 1. The lowest BCUT2D eigenvalue weighted by atomic mass is 10.2. The van der Waals surface area contributed by atoms with Crippen LogP contribution in [-0.4, -0.2) is 46.9 Å². The molecule has 1 aliphatic heterocycles. The van der Waals surface area contributed by atoms with E-state index >= 15 is 0 Å². The van der Waals surface area contributed by atoms with Gasteiger partial charge in [-0.1, -0.05) is 11.8 Å². The fourth-order valence-electron chi connectivity index (χ4n) is 1.94. The minimum Gasteiger partial charge on any atom is -0.384 e. The van der Waals surface area contributed by atoms with Crippen LogP contribution in [0.2, 0.25) is 0 Å².